The molecule has 1 unspecified atom stereocenters. The van der Waals surface area contributed by atoms with E-state index in [-0.39, 0.29) is 17.7 Å². The molecule has 2 aromatic rings. The second-order valence-electron chi connectivity index (χ2n) is 7.74. The second-order valence-corrected chi connectivity index (χ2v) is 8.15. The van der Waals surface area contributed by atoms with Gasteiger partial charge in [0, 0.05) is 39.3 Å². The van der Waals surface area contributed by atoms with Crippen molar-refractivity contribution in [3.8, 4) is 0 Å². The minimum Gasteiger partial charge on any atom is -0.469 e. The number of carbonyl (C=O) groups excluding carboxylic acids is 2. The summed E-state index contributed by atoms with van der Waals surface area (Å²) in [6.07, 6.45) is 3.21. The molecule has 2 fully saturated rings. The first kappa shape index (κ1) is 19.8. The van der Waals surface area contributed by atoms with Crippen LogP contribution in [0.3, 0.4) is 0 Å². The number of para-hydroxylation sites is 1. The van der Waals surface area contributed by atoms with E-state index in [0.717, 1.165) is 36.6 Å². The van der Waals surface area contributed by atoms with Crippen LogP contribution in [0, 0.1) is 12.8 Å². The van der Waals surface area contributed by atoms with Crippen LogP contribution in [0.5, 0.6) is 0 Å². The molecule has 6 nitrogen and oxygen atoms in total. The van der Waals surface area contributed by atoms with Gasteiger partial charge in [0.15, 0.2) is 0 Å². The number of anilines is 1. The number of nitrogens with zero attached hydrogens (tertiary/aromatic N) is 3. The van der Waals surface area contributed by atoms with Crippen molar-refractivity contribution in [2.24, 2.45) is 5.92 Å². The Morgan fingerprint density at radius 2 is 1.79 bits per heavy atom. The minimum atomic E-state index is -0.133. The van der Waals surface area contributed by atoms with Gasteiger partial charge in [0.2, 0.25) is 5.91 Å². The summed E-state index contributed by atoms with van der Waals surface area (Å²) in [7, 11) is 0. The van der Waals surface area contributed by atoms with E-state index in [1.165, 1.54) is 6.26 Å². The second kappa shape index (κ2) is 8.49. The molecule has 2 aliphatic heterocycles. The molecule has 3 heterocycles. The number of aryl methyl sites for hydroxylation is 1. The molecule has 4 rings (SSSR count). The Bertz CT molecular complexity index is 889. The third-order valence-corrected chi connectivity index (χ3v) is 6.25. The smallest absolute Gasteiger partial charge is 0.257 e. The average Bonchev–Trinajstić information content (AvgIpc) is 3.19. The van der Waals surface area contributed by atoms with Crippen LogP contribution in [0.1, 0.15) is 29.0 Å². The average molecular weight is 416 g/mol. The predicted molar refractivity (Wildman–Crippen MR) is 112 cm³/mol. The van der Waals surface area contributed by atoms with E-state index in [2.05, 4.69) is 4.90 Å². The largest absolute Gasteiger partial charge is 0.469 e. The molecule has 0 bridgehead atoms. The molecule has 0 radical (unpaired) electrons. The summed E-state index contributed by atoms with van der Waals surface area (Å²) in [5.41, 5.74) is 1.61. The Morgan fingerprint density at radius 3 is 2.48 bits per heavy atom. The Balaban J connectivity index is 1.36. The van der Waals surface area contributed by atoms with Gasteiger partial charge in [-0.05, 0) is 38.0 Å². The zero-order valence-corrected chi connectivity index (χ0v) is 17.4. The maximum atomic E-state index is 13.1. The molecular weight excluding hydrogens is 390 g/mol. The standard InChI is InChI=1S/C22H26ClN3O3/c1-16-18(8-14-29-16)22(28)26-9-4-5-17(15-26)21(27)25-12-10-24(11-13-25)20-7-3-2-6-19(20)23/h2-3,6-8,14,17H,4-5,9-13,15H2,1H3. The number of amides is 2. The van der Waals surface area contributed by atoms with E-state index in [1.54, 1.807) is 17.9 Å². The fraction of sp³-hybridized carbons (Fsp3) is 0.455. The van der Waals surface area contributed by atoms with Gasteiger partial charge in [-0.1, -0.05) is 23.7 Å². The highest BCUT2D eigenvalue weighted by Crippen LogP contribution is 2.27. The summed E-state index contributed by atoms with van der Waals surface area (Å²) in [5.74, 6) is 0.605. The Hall–Kier alpha value is -2.47. The number of rotatable bonds is 3. The van der Waals surface area contributed by atoms with E-state index in [4.69, 9.17) is 16.0 Å². The van der Waals surface area contributed by atoms with E-state index < -0.39 is 0 Å². The first-order valence-electron chi connectivity index (χ1n) is 10.2. The highest BCUT2D eigenvalue weighted by Gasteiger charge is 2.33. The topological polar surface area (TPSA) is 57.0 Å². The van der Waals surface area contributed by atoms with Gasteiger partial charge in [0.1, 0.15) is 5.76 Å². The minimum absolute atomic E-state index is 0.0442. The maximum absolute atomic E-state index is 13.1. The molecule has 1 aromatic carbocycles. The van der Waals surface area contributed by atoms with Crippen molar-refractivity contribution in [1.29, 1.82) is 0 Å². The number of piperidine rings is 1. The van der Waals surface area contributed by atoms with Crippen LogP contribution in [0.25, 0.3) is 0 Å². The lowest BCUT2D eigenvalue weighted by molar-refractivity contribution is -0.137. The highest BCUT2D eigenvalue weighted by atomic mass is 35.5. The summed E-state index contributed by atoms with van der Waals surface area (Å²) in [4.78, 5) is 31.9. The zero-order valence-electron chi connectivity index (χ0n) is 16.6. The third kappa shape index (κ3) is 4.13. The summed E-state index contributed by atoms with van der Waals surface area (Å²) < 4.78 is 5.26. The fourth-order valence-corrected chi connectivity index (χ4v) is 4.53. The van der Waals surface area contributed by atoms with Crippen molar-refractivity contribution in [2.45, 2.75) is 19.8 Å². The number of hydrogen-bond donors (Lipinski definition) is 0. The van der Waals surface area contributed by atoms with Crippen molar-refractivity contribution in [3.63, 3.8) is 0 Å². The maximum Gasteiger partial charge on any atom is 0.257 e. The molecule has 0 spiro atoms. The van der Waals surface area contributed by atoms with Gasteiger partial charge in [-0.3, -0.25) is 9.59 Å². The Kier molecular flexibility index (Phi) is 5.81. The number of furan rings is 1. The van der Waals surface area contributed by atoms with Gasteiger partial charge < -0.3 is 19.1 Å². The normalized spacial score (nSPS) is 20.1. The molecule has 154 valence electrons. The summed E-state index contributed by atoms with van der Waals surface area (Å²) in [5, 5.41) is 0.739. The molecule has 1 aromatic heterocycles. The number of carbonyl (C=O) groups is 2. The quantitative estimate of drug-likeness (QED) is 0.770. The van der Waals surface area contributed by atoms with Crippen molar-refractivity contribution in [3.05, 3.63) is 52.9 Å². The molecule has 2 saturated heterocycles. The van der Waals surface area contributed by atoms with E-state index in [0.29, 0.717) is 37.5 Å². The van der Waals surface area contributed by atoms with Crippen LogP contribution in [-0.2, 0) is 4.79 Å². The van der Waals surface area contributed by atoms with E-state index >= 15 is 0 Å². The van der Waals surface area contributed by atoms with Crippen LogP contribution in [-0.4, -0.2) is 60.9 Å². The van der Waals surface area contributed by atoms with Crippen LogP contribution < -0.4 is 4.90 Å². The molecule has 2 amide bonds. The Labute approximate surface area is 176 Å². The molecular formula is C22H26ClN3O3. The molecule has 0 saturated carbocycles. The van der Waals surface area contributed by atoms with E-state index in [9.17, 15) is 9.59 Å². The lowest BCUT2D eigenvalue weighted by Crippen LogP contribution is -2.53. The van der Waals surface area contributed by atoms with Crippen LogP contribution >= 0.6 is 11.6 Å². The van der Waals surface area contributed by atoms with Gasteiger partial charge in [0.25, 0.3) is 5.91 Å². The Morgan fingerprint density at radius 1 is 1.03 bits per heavy atom. The number of likely N-dealkylation sites (tertiary alicyclic amines) is 1. The molecule has 0 aliphatic carbocycles. The number of halogens is 1. The summed E-state index contributed by atoms with van der Waals surface area (Å²) in [6, 6.07) is 9.52. The fourth-order valence-electron chi connectivity index (χ4n) is 4.27. The van der Waals surface area contributed by atoms with Gasteiger partial charge in [0.05, 0.1) is 28.5 Å². The van der Waals surface area contributed by atoms with Gasteiger partial charge in [-0.25, -0.2) is 0 Å². The lowest BCUT2D eigenvalue weighted by atomic mass is 9.95. The van der Waals surface area contributed by atoms with Crippen molar-refractivity contribution >= 4 is 29.1 Å². The predicted octanol–water partition coefficient (Wildman–Crippen LogP) is 3.44. The van der Waals surface area contributed by atoms with E-state index in [1.807, 2.05) is 29.2 Å². The van der Waals surface area contributed by atoms with Crippen LogP contribution in [0.4, 0.5) is 5.69 Å². The molecule has 0 N–H and O–H groups in total. The van der Waals surface area contributed by atoms with Crippen molar-refractivity contribution < 1.29 is 14.0 Å². The third-order valence-electron chi connectivity index (χ3n) is 5.93. The number of benzene rings is 1. The molecule has 7 heteroatoms. The van der Waals surface area contributed by atoms with Gasteiger partial charge >= 0.3 is 0 Å². The monoisotopic (exact) mass is 415 g/mol. The molecule has 2 aliphatic rings. The molecule has 29 heavy (non-hydrogen) atoms. The SMILES string of the molecule is Cc1occc1C(=O)N1CCCC(C(=O)N2CCN(c3ccccc3Cl)CC2)C1. The number of hydrogen-bond acceptors (Lipinski definition) is 4. The van der Waals surface area contributed by atoms with Crippen LogP contribution in [0.15, 0.2) is 41.0 Å². The van der Waals surface area contributed by atoms with Gasteiger partial charge in [-0.2, -0.15) is 0 Å². The zero-order chi connectivity index (χ0) is 20.4. The molecule has 1 atom stereocenters. The summed E-state index contributed by atoms with van der Waals surface area (Å²) >= 11 is 6.31. The number of piperazine rings is 1. The first-order chi connectivity index (χ1) is 14.0. The van der Waals surface area contributed by atoms with Crippen molar-refractivity contribution in [1.82, 2.24) is 9.80 Å². The van der Waals surface area contributed by atoms with Crippen LogP contribution in [0.2, 0.25) is 5.02 Å². The summed E-state index contributed by atoms with van der Waals surface area (Å²) in [6.45, 7) is 5.83. The van der Waals surface area contributed by atoms with Gasteiger partial charge in [-0.15, -0.1) is 0 Å². The first-order valence-corrected chi connectivity index (χ1v) is 10.5. The highest BCUT2D eigenvalue weighted by molar-refractivity contribution is 6.33. The lowest BCUT2D eigenvalue weighted by Gasteiger charge is -2.40. The van der Waals surface area contributed by atoms with Crippen molar-refractivity contribution in [2.75, 3.05) is 44.2 Å².